The maximum Gasteiger partial charge on any atom is 0.224 e. The lowest BCUT2D eigenvalue weighted by molar-refractivity contribution is -0.131. The van der Waals surface area contributed by atoms with Crippen LogP contribution in [0.5, 0.6) is 0 Å². The van der Waals surface area contributed by atoms with Crippen molar-refractivity contribution < 1.29 is 19.8 Å². The second-order valence-corrected chi connectivity index (χ2v) is 5.73. The molecule has 0 aliphatic rings. The van der Waals surface area contributed by atoms with Gasteiger partial charge in [0.2, 0.25) is 11.8 Å². The molecule has 0 saturated heterocycles. The molecular formula is C18H26N2O4. The van der Waals surface area contributed by atoms with Crippen molar-refractivity contribution in [2.45, 2.75) is 31.8 Å². The van der Waals surface area contributed by atoms with Crippen LogP contribution in [-0.4, -0.2) is 41.3 Å². The number of rotatable bonds is 10. The molecule has 0 spiro atoms. The van der Waals surface area contributed by atoms with E-state index in [0.717, 1.165) is 5.56 Å². The highest BCUT2D eigenvalue weighted by atomic mass is 16.3. The molecule has 0 aliphatic heterocycles. The first-order valence-corrected chi connectivity index (χ1v) is 7.99. The highest BCUT2D eigenvalue weighted by Gasteiger charge is 2.24. The van der Waals surface area contributed by atoms with Crippen molar-refractivity contribution in [3.05, 3.63) is 48.6 Å². The van der Waals surface area contributed by atoms with E-state index in [1.807, 2.05) is 30.3 Å². The second kappa shape index (κ2) is 10.6. The van der Waals surface area contributed by atoms with Crippen LogP contribution in [0.2, 0.25) is 0 Å². The predicted octanol–water partition coefficient (Wildman–Crippen LogP) is 0.916. The number of benzene rings is 1. The van der Waals surface area contributed by atoms with Crippen LogP contribution in [0.3, 0.4) is 0 Å². The van der Waals surface area contributed by atoms with Gasteiger partial charge in [-0.15, -0.1) is 6.58 Å². The maximum atomic E-state index is 12.5. The van der Waals surface area contributed by atoms with Crippen molar-refractivity contribution >= 4 is 11.8 Å². The van der Waals surface area contributed by atoms with Gasteiger partial charge in [0, 0.05) is 12.5 Å². The van der Waals surface area contributed by atoms with Crippen molar-refractivity contribution in [1.29, 1.82) is 0 Å². The minimum absolute atomic E-state index is 0.00483. The van der Waals surface area contributed by atoms with Crippen LogP contribution in [0.1, 0.15) is 31.4 Å². The molecule has 0 unspecified atom stereocenters. The molecule has 1 rings (SSSR count). The fourth-order valence-electron chi connectivity index (χ4n) is 2.30. The average molecular weight is 334 g/mol. The fraction of sp³-hybridized carbons (Fsp3) is 0.444. The number of carbonyl (C=O) groups excluding carboxylic acids is 2. The van der Waals surface area contributed by atoms with Gasteiger partial charge in [-0.1, -0.05) is 36.4 Å². The largest absolute Gasteiger partial charge is 0.394 e. The Balaban J connectivity index is 2.71. The minimum Gasteiger partial charge on any atom is -0.394 e. The first kappa shape index (κ1) is 19.9. The van der Waals surface area contributed by atoms with Crippen molar-refractivity contribution in [1.82, 2.24) is 10.6 Å². The summed E-state index contributed by atoms with van der Waals surface area (Å²) in [6, 6.07) is 8.26. The third-order valence-electron chi connectivity index (χ3n) is 3.64. The Morgan fingerprint density at radius 1 is 1.17 bits per heavy atom. The molecule has 132 valence electrons. The van der Waals surface area contributed by atoms with Gasteiger partial charge in [0.1, 0.15) is 0 Å². The summed E-state index contributed by atoms with van der Waals surface area (Å²) < 4.78 is 0. The van der Waals surface area contributed by atoms with Crippen molar-refractivity contribution in [3.63, 3.8) is 0 Å². The quantitative estimate of drug-likeness (QED) is 0.478. The summed E-state index contributed by atoms with van der Waals surface area (Å²) in [5.74, 6) is -1.20. The van der Waals surface area contributed by atoms with Crippen molar-refractivity contribution in [2.24, 2.45) is 5.92 Å². The molecule has 24 heavy (non-hydrogen) atoms. The van der Waals surface area contributed by atoms with E-state index < -0.39 is 12.0 Å². The van der Waals surface area contributed by atoms with E-state index in [1.165, 1.54) is 0 Å². The van der Waals surface area contributed by atoms with Crippen LogP contribution < -0.4 is 10.6 Å². The number of hydrogen-bond acceptors (Lipinski definition) is 4. The monoisotopic (exact) mass is 334 g/mol. The average Bonchev–Trinajstić information content (AvgIpc) is 2.59. The van der Waals surface area contributed by atoms with Crippen LogP contribution in [0.25, 0.3) is 0 Å². The van der Waals surface area contributed by atoms with Gasteiger partial charge in [-0.25, -0.2) is 0 Å². The highest BCUT2D eigenvalue weighted by Crippen LogP contribution is 2.16. The van der Waals surface area contributed by atoms with E-state index >= 15 is 0 Å². The SMILES string of the molecule is C=CC[C@@H](CC(=O)N[C@@H](C)CO)C(=O)N[C@@H](CO)c1ccccc1. The number of carbonyl (C=O) groups is 2. The molecule has 6 heteroatoms. The molecule has 0 fully saturated rings. The lowest BCUT2D eigenvalue weighted by atomic mass is 9.98. The zero-order chi connectivity index (χ0) is 17.9. The third-order valence-corrected chi connectivity index (χ3v) is 3.64. The van der Waals surface area contributed by atoms with Gasteiger partial charge < -0.3 is 20.8 Å². The molecule has 2 amide bonds. The Labute approximate surface area is 142 Å². The summed E-state index contributed by atoms with van der Waals surface area (Å²) in [6.07, 6.45) is 1.93. The van der Waals surface area contributed by atoms with Gasteiger partial charge >= 0.3 is 0 Å². The second-order valence-electron chi connectivity index (χ2n) is 5.73. The molecule has 0 aliphatic carbocycles. The van der Waals surface area contributed by atoms with E-state index in [1.54, 1.807) is 13.0 Å². The minimum atomic E-state index is -0.578. The summed E-state index contributed by atoms with van der Waals surface area (Å²) in [7, 11) is 0. The normalized spacial score (nSPS) is 14.3. The Morgan fingerprint density at radius 3 is 2.38 bits per heavy atom. The Bertz CT molecular complexity index is 533. The summed E-state index contributed by atoms with van der Waals surface area (Å²) in [5, 5.41) is 23.9. The Kier molecular flexibility index (Phi) is 8.75. The van der Waals surface area contributed by atoms with Gasteiger partial charge in [0.05, 0.1) is 25.2 Å². The number of hydrogen-bond donors (Lipinski definition) is 4. The lowest BCUT2D eigenvalue weighted by Gasteiger charge is -2.21. The molecule has 0 aromatic heterocycles. The number of allylic oxidation sites excluding steroid dienone is 1. The predicted molar refractivity (Wildman–Crippen MR) is 92.0 cm³/mol. The lowest BCUT2D eigenvalue weighted by Crippen LogP contribution is -2.40. The molecule has 0 bridgehead atoms. The number of amides is 2. The molecule has 3 atom stereocenters. The van der Waals surface area contributed by atoms with Gasteiger partial charge in [0.15, 0.2) is 0 Å². The summed E-state index contributed by atoms with van der Waals surface area (Å²) >= 11 is 0. The molecule has 0 radical (unpaired) electrons. The summed E-state index contributed by atoms with van der Waals surface area (Å²) in [4.78, 5) is 24.4. The fourth-order valence-corrected chi connectivity index (χ4v) is 2.30. The number of aliphatic hydroxyl groups is 2. The van der Waals surface area contributed by atoms with Crippen LogP contribution in [0.4, 0.5) is 0 Å². The number of nitrogens with one attached hydrogen (secondary N) is 2. The van der Waals surface area contributed by atoms with Crippen LogP contribution in [-0.2, 0) is 9.59 Å². The highest BCUT2D eigenvalue weighted by molar-refractivity contribution is 5.86. The first-order valence-electron chi connectivity index (χ1n) is 7.99. The van der Waals surface area contributed by atoms with Gasteiger partial charge in [-0.2, -0.15) is 0 Å². The standard InChI is InChI=1S/C18H26N2O4/c1-3-7-15(10-17(23)19-13(2)11-21)18(24)20-16(12-22)14-8-5-4-6-9-14/h3-6,8-9,13,15-16,21-22H,1,7,10-12H2,2H3,(H,19,23)(H,20,24)/t13-,15-,16-/m0/s1. The Hall–Kier alpha value is -2.18. The van der Waals surface area contributed by atoms with Crippen LogP contribution in [0, 0.1) is 5.92 Å². The van der Waals surface area contributed by atoms with Crippen molar-refractivity contribution in [3.8, 4) is 0 Å². The Morgan fingerprint density at radius 2 is 1.83 bits per heavy atom. The smallest absolute Gasteiger partial charge is 0.224 e. The molecular weight excluding hydrogens is 308 g/mol. The molecule has 0 saturated carbocycles. The van der Waals surface area contributed by atoms with Gasteiger partial charge in [-0.3, -0.25) is 9.59 Å². The number of aliphatic hydroxyl groups excluding tert-OH is 2. The van der Waals surface area contributed by atoms with Crippen LogP contribution >= 0.6 is 0 Å². The molecule has 0 heterocycles. The van der Waals surface area contributed by atoms with E-state index in [9.17, 15) is 14.7 Å². The van der Waals surface area contributed by atoms with E-state index in [-0.39, 0.29) is 37.5 Å². The molecule has 1 aromatic rings. The van der Waals surface area contributed by atoms with Crippen LogP contribution in [0.15, 0.2) is 43.0 Å². The molecule has 6 nitrogen and oxygen atoms in total. The zero-order valence-corrected chi connectivity index (χ0v) is 13.9. The van der Waals surface area contributed by atoms with E-state index in [4.69, 9.17) is 5.11 Å². The summed E-state index contributed by atoms with van der Waals surface area (Å²) in [6.45, 7) is 4.91. The topological polar surface area (TPSA) is 98.7 Å². The maximum absolute atomic E-state index is 12.5. The zero-order valence-electron chi connectivity index (χ0n) is 13.9. The molecule has 1 aromatic carbocycles. The van der Waals surface area contributed by atoms with Gasteiger partial charge in [0.25, 0.3) is 0 Å². The molecule has 4 N–H and O–H groups in total. The first-order chi connectivity index (χ1) is 11.5. The summed E-state index contributed by atoms with van der Waals surface area (Å²) in [5.41, 5.74) is 0.795. The third kappa shape index (κ3) is 6.52. The van der Waals surface area contributed by atoms with E-state index in [0.29, 0.717) is 6.42 Å². The van der Waals surface area contributed by atoms with Gasteiger partial charge in [-0.05, 0) is 18.9 Å². The van der Waals surface area contributed by atoms with Crippen molar-refractivity contribution in [2.75, 3.05) is 13.2 Å². The van der Waals surface area contributed by atoms with E-state index in [2.05, 4.69) is 17.2 Å².